The highest BCUT2D eigenvalue weighted by atomic mass is 16.8. The minimum atomic E-state index is -2.31. The van der Waals surface area contributed by atoms with Crippen molar-refractivity contribution in [3.05, 3.63) is 0 Å². The summed E-state index contributed by atoms with van der Waals surface area (Å²) in [6.45, 7) is 9.57. The van der Waals surface area contributed by atoms with E-state index >= 15 is 0 Å². The van der Waals surface area contributed by atoms with Gasteiger partial charge in [0, 0.05) is 14.0 Å². The molecule has 0 amide bonds. The number of carbonyl (C=O) groups is 2. The molecule has 0 radical (unpaired) electrons. The van der Waals surface area contributed by atoms with E-state index in [-0.39, 0.29) is 6.42 Å². The Morgan fingerprint density at radius 1 is 0.903 bits per heavy atom. The third kappa shape index (κ3) is 3.97. The van der Waals surface area contributed by atoms with Crippen LogP contribution in [0, 0.1) is 0 Å². The summed E-state index contributed by atoms with van der Waals surface area (Å²) in [6.07, 6.45) is 0.207. The molecule has 1 aliphatic rings. The third-order valence-corrected chi connectivity index (χ3v) is 7.18. The van der Waals surface area contributed by atoms with Crippen molar-refractivity contribution in [2.45, 2.75) is 101 Å². The van der Waals surface area contributed by atoms with Crippen LogP contribution in [0.3, 0.4) is 0 Å². The number of rotatable bonds is 9. The van der Waals surface area contributed by atoms with Crippen LogP contribution in [0.4, 0.5) is 0 Å². The van der Waals surface area contributed by atoms with Crippen LogP contribution in [-0.4, -0.2) is 90.8 Å². The Labute approximate surface area is 181 Å². The van der Waals surface area contributed by atoms with Gasteiger partial charge < -0.3 is 44.5 Å². The van der Waals surface area contributed by atoms with E-state index in [4.69, 9.17) is 18.9 Å². The molecule has 0 aromatic heterocycles. The molecule has 7 unspecified atom stereocenters. The number of hydrogen-bond acceptors (Lipinski definition) is 9. The Kier molecular flexibility index (Phi) is 7.06. The van der Waals surface area contributed by atoms with Gasteiger partial charge in [0.05, 0.1) is 12.2 Å². The van der Waals surface area contributed by atoms with E-state index in [9.17, 15) is 35.1 Å². The van der Waals surface area contributed by atoms with Crippen molar-refractivity contribution < 1.29 is 54.1 Å². The summed E-state index contributed by atoms with van der Waals surface area (Å²) in [7, 11) is 1.04. The van der Waals surface area contributed by atoms with Crippen molar-refractivity contribution in [2.75, 3.05) is 13.7 Å². The summed E-state index contributed by atoms with van der Waals surface area (Å²) >= 11 is 0. The molecule has 11 nitrogen and oxygen atoms in total. The minimum absolute atomic E-state index is 0.207. The van der Waals surface area contributed by atoms with E-state index in [2.05, 4.69) is 0 Å². The van der Waals surface area contributed by atoms with Gasteiger partial charge in [0.25, 0.3) is 5.79 Å². The predicted octanol–water partition coefficient (Wildman–Crippen LogP) is 0.478. The number of carboxylic acid groups (broad SMARTS) is 2. The summed E-state index contributed by atoms with van der Waals surface area (Å²) in [4.78, 5) is 23.4. The standard InChI is InChI=1S/C20H36O11/c1-10-15(3)17(5,25)18(6,26)19(7,27)20(8,31-15)29-11-14(2,12(21)22)30-16(4,28-9)13(23)24/h25-27H,10-11H2,1-9H3,(H,21,22)(H,23,24). The number of ether oxygens (including phenoxy) is 4. The Hall–Kier alpha value is -1.34. The van der Waals surface area contributed by atoms with Gasteiger partial charge >= 0.3 is 11.9 Å². The monoisotopic (exact) mass is 452 g/mol. The van der Waals surface area contributed by atoms with Crippen molar-refractivity contribution in [3.63, 3.8) is 0 Å². The lowest BCUT2D eigenvalue weighted by molar-refractivity contribution is -0.458. The molecule has 1 rings (SSSR count). The molecule has 1 aliphatic heterocycles. The fourth-order valence-electron chi connectivity index (χ4n) is 3.66. The van der Waals surface area contributed by atoms with E-state index < -0.39 is 58.1 Å². The van der Waals surface area contributed by atoms with E-state index in [1.54, 1.807) is 6.92 Å². The SMILES string of the molecule is CCC1(C)OC(C)(OCC(C)(OC(C)(OC)C(=O)O)C(=O)O)C(C)(O)C(C)(O)C1(C)O. The molecule has 0 spiro atoms. The number of aliphatic carboxylic acids is 2. The van der Waals surface area contributed by atoms with Crippen molar-refractivity contribution >= 4 is 11.9 Å². The summed E-state index contributed by atoms with van der Waals surface area (Å²) in [5, 5.41) is 52.5. The third-order valence-electron chi connectivity index (χ3n) is 7.18. The molecule has 0 saturated carbocycles. The number of hydrogen-bond donors (Lipinski definition) is 5. The highest BCUT2D eigenvalue weighted by Crippen LogP contribution is 2.55. The van der Waals surface area contributed by atoms with Crippen LogP contribution in [0.1, 0.15) is 61.8 Å². The molecule has 0 aliphatic carbocycles. The smallest absolute Gasteiger partial charge is 0.364 e. The molecular weight excluding hydrogens is 416 g/mol. The highest BCUT2D eigenvalue weighted by Gasteiger charge is 2.74. The van der Waals surface area contributed by atoms with Gasteiger partial charge in [-0.1, -0.05) is 6.92 Å². The topological polar surface area (TPSA) is 172 Å². The van der Waals surface area contributed by atoms with Gasteiger partial charge in [0.15, 0.2) is 11.4 Å². The number of aliphatic hydroxyl groups is 3. The van der Waals surface area contributed by atoms with Gasteiger partial charge in [-0.15, -0.1) is 0 Å². The normalized spacial score (nSPS) is 42.5. The minimum Gasteiger partial charge on any atom is -0.479 e. The lowest BCUT2D eigenvalue weighted by Crippen LogP contribution is -2.84. The second-order valence-electron chi connectivity index (χ2n) is 9.23. The predicted molar refractivity (Wildman–Crippen MR) is 106 cm³/mol. The summed E-state index contributed by atoms with van der Waals surface area (Å²) in [6, 6.07) is 0. The van der Waals surface area contributed by atoms with Gasteiger partial charge in [-0.25, -0.2) is 9.59 Å². The molecule has 0 bridgehead atoms. The zero-order chi connectivity index (χ0) is 24.9. The molecule has 0 aromatic carbocycles. The largest absolute Gasteiger partial charge is 0.479 e. The Morgan fingerprint density at radius 3 is 1.74 bits per heavy atom. The maximum Gasteiger partial charge on any atom is 0.364 e. The maximum atomic E-state index is 11.9. The van der Waals surface area contributed by atoms with Gasteiger partial charge in [0.2, 0.25) is 0 Å². The first kappa shape index (κ1) is 27.7. The average Bonchev–Trinajstić information content (AvgIpc) is 2.64. The lowest BCUT2D eigenvalue weighted by atomic mass is 9.60. The van der Waals surface area contributed by atoms with Crippen LogP contribution in [0.25, 0.3) is 0 Å². The number of carboxylic acids is 2. The molecular formula is C20H36O11. The number of methoxy groups -OCH3 is 1. The molecule has 1 fully saturated rings. The van der Waals surface area contributed by atoms with Crippen LogP contribution in [-0.2, 0) is 28.5 Å². The Morgan fingerprint density at radius 2 is 1.39 bits per heavy atom. The molecule has 5 N–H and O–H groups in total. The molecule has 182 valence electrons. The first-order chi connectivity index (χ1) is 13.6. The van der Waals surface area contributed by atoms with Crippen LogP contribution < -0.4 is 0 Å². The van der Waals surface area contributed by atoms with Gasteiger partial charge in [0.1, 0.15) is 16.8 Å². The first-order valence-electron chi connectivity index (χ1n) is 9.86. The van der Waals surface area contributed by atoms with Crippen molar-refractivity contribution in [2.24, 2.45) is 0 Å². The zero-order valence-electron chi connectivity index (χ0n) is 19.6. The van der Waals surface area contributed by atoms with Crippen LogP contribution in [0.15, 0.2) is 0 Å². The van der Waals surface area contributed by atoms with Crippen LogP contribution in [0.2, 0.25) is 0 Å². The highest BCUT2D eigenvalue weighted by molar-refractivity contribution is 5.79. The van der Waals surface area contributed by atoms with E-state index in [0.717, 1.165) is 21.0 Å². The Bertz CT molecular complexity index is 718. The lowest BCUT2D eigenvalue weighted by Gasteiger charge is -2.65. The van der Waals surface area contributed by atoms with Crippen LogP contribution in [0.5, 0.6) is 0 Å². The second kappa shape index (κ2) is 7.91. The van der Waals surface area contributed by atoms with E-state index in [1.807, 2.05) is 0 Å². The fraction of sp³-hybridized carbons (Fsp3) is 0.900. The molecule has 1 heterocycles. The summed E-state index contributed by atoms with van der Waals surface area (Å²) in [5.74, 6) is -7.46. The van der Waals surface area contributed by atoms with Crippen molar-refractivity contribution in [3.8, 4) is 0 Å². The van der Waals surface area contributed by atoms with Gasteiger partial charge in [-0.3, -0.25) is 0 Å². The van der Waals surface area contributed by atoms with E-state index in [1.165, 1.54) is 34.6 Å². The second-order valence-corrected chi connectivity index (χ2v) is 9.23. The fourth-order valence-corrected chi connectivity index (χ4v) is 3.66. The van der Waals surface area contributed by atoms with Crippen molar-refractivity contribution in [1.29, 1.82) is 0 Å². The Balaban J connectivity index is 3.41. The zero-order valence-corrected chi connectivity index (χ0v) is 19.6. The quantitative estimate of drug-likeness (QED) is 0.308. The molecule has 11 heteroatoms. The molecule has 7 atom stereocenters. The van der Waals surface area contributed by atoms with Gasteiger partial charge in [-0.2, -0.15) is 0 Å². The molecule has 0 aromatic rings. The van der Waals surface area contributed by atoms with Crippen molar-refractivity contribution in [1.82, 2.24) is 0 Å². The first-order valence-corrected chi connectivity index (χ1v) is 9.86. The summed E-state index contributed by atoms with van der Waals surface area (Å²) < 4.78 is 21.8. The van der Waals surface area contributed by atoms with Gasteiger partial charge in [-0.05, 0) is 48.0 Å². The molecule has 31 heavy (non-hydrogen) atoms. The maximum absolute atomic E-state index is 11.9. The molecule has 1 saturated heterocycles. The van der Waals surface area contributed by atoms with Crippen LogP contribution >= 0.6 is 0 Å². The van der Waals surface area contributed by atoms with E-state index in [0.29, 0.717) is 0 Å². The summed E-state index contributed by atoms with van der Waals surface area (Å²) in [5.41, 5.74) is -9.99. The average molecular weight is 452 g/mol.